The molecule has 1 atom stereocenters. The van der Waals surface area contributed by atoms with Crippen LogP contribution in [0, 0.1) is 25.2 Å². The molecule has 0 saturated heterocycles. The van der Waals surface area contributed by atoms with Crippen molar-refractivity contribution in [2.24, 2.45) is 11.3 Å². The second-order valence-electron chi connectivity index (χ2n) is 8.87. The molecule has 0 unspecified atom stereocenters. The highest BCUT2D eigenvalue weighted by Crippen LogP contribution is 2.38. The van der Waals surface area contributed by atoms with Crippen molar-refractivity contribution in [2.75, 3.05) is 7.05 Å². The van der Waals surface area contributed by atoms with E-state index in [0.29, 0.717) is 18.2 Å². The fraction of sp³-hybridized carbons (Fsp3) is 0.667. The van der Waals surface area contributed by atoms with E-state index in [1.807, 2.05) is 18.7 Å². The van der Waals surface area contributed by atoms with E-state index in [1.165, 1.54) is 0 Å². The number of amides is 1. The molecule has 27 heavy (non-hydrogen) atoms. The second kappa shape index (κ2) is 7.13. The van der Waals surface area contributed by atoms with E-state index < -0.39 is 0 Å². The van der Waals surface area contributed by atoms with Crippen LogP contribution in [0.2, 0.25) is 0 Å². The molecule has 0 fully saturated rings. The quantitative estimate of drug-likeness (QED) is 0.816. The highest BCUT2D eigenvalue weighted by atomic mass is 16.5. The molecule has 2 aromatic rings. The van der Waals surface area contributed by atoms with E-state index in [1.54, 1.807) is 4.90 Å². The maximum Gasteiger partial charge on any atom is 0.276 e. The molecule has 0 aliphatic heterocycles. The predicted octanol–water partition coefficient (Wildman–Crippen LogP) is 3.93. The summed E-state index contributed by atoms with van der Waals surface area (Å²) in [6, 6.07) is 0. The summed E-state index contributed by atoms with van der Waals surface area (Å²) in [5.41, 5.74) is 4.91. The summed E-state index contributed by atoms with van der Waals surface area (Å²) in [7, 11) is 1.83. The van der Waals surface area contributed by atoms with Gasteiger partial charge in [-0.3, -0.25) is 9.48 Å². The summed E-state index contributed by atoms with van der Waals surface area (Å²) >= 11 is 0. The fourth-order valence-corrected chi connectivity index (χ4v) is 4.07. The molecule has 0 spiro atoms. The normalized spacial score (nSPS) is 17.1. The Bertz CT molecular complexity index is 841. The van der Waals surface area contributed by atoms with Crippen LogP contribution in [0.25, 0.3) is 0 Å². The Morgan fingerprint density at radius 2 is 2.04 bits per heavy atom. The average molecular weight is 373 g/mol. The molecule has 0 saturated carbocycles. The van der Waals surface area contributed by atoms with Crippen LogP contribution in [0.15, 0.2) is 4.52 Å². The third-order valence-electron chi connectivity index (χ3n) is 6.04. The lowest BCUT2D eigenvalue weighted by Gasteiger charge is -2.33. The SMILES string of the molecule is CCn1nc(C)c(CN(C)C(=O)c2noc3c2C[C@H](C(C)(C)C)CC3)c1C. The van der Waals surface area contributed by atoms with Crippen LogP contribution in [0.5, 0.6) is 0 Å². The molecule has 0 bridgehead atoms. The molecule has 3 rings (SSSR count). The van der Waals surface area contributed by atoms with Crippen LogP contribution >= 0.6 is 0 Å². The molecule has 1 amide bonds. The zero-order valence-electron chi connectivity index (χ0n) is 17.7. The van der Waals surface area contributed by atoms with Crippen LogP contribution in [0.1, 0.15) is 72.9 Å². The molecular weight excluding hydrogens is 340 g/mol. The zero-order chi connectivity index (χ0) is 19.9. The first kappa shape index (κ1) is 19.6. The lowest BCUT2D eigenvalue weighted by molar-refractivity contribution is 0.0772. The first-order valence-electron chi connectivity index (χ1n) is 9.89. The lowest BCUT2D eigenvalue weighted by Crippen LogP contribution is -2.30. The molecule has 1 aliphatic carbocycles. The van der Waals surface area contributed by atoms with E-state index in [2.05, 4.69) is 44.9 Å². The van der Waals surface area contributed by atoms with Gasteiger partial charge in [-0.2, -0.15) is 5.10 Å². The number of carbonyl (C=O) groups is 1. The average Bonchev–Trinajstić information content (AvgIpc) is 3.15. The van der Waals surface area contributed by atoms with Crippen molar-refractivity contribution in [2.45, 2.75) is 73.9 Å². The Morgan fingerprint density at radius 1 is 1.33 bits per heavy atom. The van der Waals surface area contributed by atoms with E-state index in [-0.39, 0.29) is 11.3 Å². The number of fused-ring (bicyclic) bond motifs is 1. The van der Waals surface area contributed by atoms with E-state index >= 15 is 0 Å². The number of carbonyl (C=O) groups excluding carboxylic acids is 1. The molecule has 2 aromatic heterocycles. The van der Waals surface area contributed by atoms with E-state index in [0.717, 1.165) is 54.1 Å². The molecule has 6 heteroatoms. The summed E-state index contributed by atoms with van der Waals surface area (Å²) in [5.74, 6) is 1.35. The minimum absolute atomic E-state index is 0.0717. The molecule has 148 valence electrons. The van der Waals surface area contributed by atoms with Crippen molar-refractivity contribution in [3.05, 3.63) is 34.0 Å². The second-order valence-corrected chi connectivity index (χ2v) is 8.87. The van der Waals surface area contributed by atoms with Gasteiger partial charge < -0.3 is 9.42 Å². The lowest BCUT2D eigenvalue weighted by atomic mass is 9.71. The summed E-state index contributed by atoms with van der Waals surface area (Å²) < 4.78 is 7.51. The number of nitrogens with zero attached hydrogens (tertiary/aromatic N) is 4. The Morgan fingerprint density at radius 3 is 2.63 bits per heavy atom. The fourth-order valence-electron chi connectivity index (χ4n) is 4.07. The Hall–Kier alpha value is -2.11. The molecule has 2 heterocycles. The first-order chi connectivity index (χ1) is 12.6. The van der Waals surface area contributed by atoms with Gasteiger partial charge in [-0.05, 0) is 44.9 Å². The predicted molar refractivity (Wildman–Crippen MR) is 105 cm³/mol. The van der Waals surface area contributed by atoms with Gasteiger partial charge in [0.25, 0.3) is 5.91 Å². The first-order valence-corrected chi connectivity index (χ1v) is 9.89. The smallest absolute Gasteiger partial charge is 0.276 e. The van der Waals surface area contributed by atoms with Gasteiger partial charge in [0, 0.05) is 43.4 Å². The van der Waals surface area contributed by atoms with Crippen LogP contribution < -0.4 is 0 Å². The molecule has 6 nitrogen and oxygen atoms in total. The monoisotopic (exact) mass is 372 g/mol. The maximum atomic E-state index is 13.1. The topological polar surface area (TPSA) is 64.2 Å². The number of aromatic nitrogens is 3. The van der Waals surface area contributed by atoms with Gasteiger partial charge in [0.1, 0.15) is 5.76 Å². The number of aryl methyl sites for hydroxylation is 3. The van der Waals surface area contributed by atoms with Gasteiger partial charge in [-0.25, -0.2) is 0 Å². The van der Waals surface area contributed by atoms with Crippen LogP contribution in [-0.2, 0) is 25.9 Å². The molecule has 1 aliphatic rings. The number of rotatable bonds is 4. The highest BCUT2D eigenvalue weighted by molar-refractivity contribution is 5.93. The number of hydrogen-bond acceptors (Lipinski definition) is 4. The minimum Gasteiger partial charge on any atom is -0.360 e. The molecular formula is C21H32N4O2. The van der Waals surface area contributed by atoms with Crippen molar-refractivity contribution < 1.29 is 9.32 Å². The maximum absolute atomic E-state index is 13.1. The van der Waals surface area contributed by atoms with Crippen LogP contribution in [0.4, 0.5) is 0 Å². The van der Waals surface area contributed by atoms with E-state index in [9.17, 15) is 4.79 Å². The van der Waals surface area contributed by atoms with Gasteiger partial charge in [0.2, 0.25) is 0 Å². The van der Waals surface area contributed by atoms with Gasteiger partial charge in [-0.15, -0.1) is 0 Å². The van der Waals surface area contributed by atoms with E-state index in [4.69, 9.17) is 4.52 Å². The Balaban J connectivity index is 1.81. The van der Waals surface area contributed by atoms with Crippen molar-refractivity contribution >= 4 is 5.91 Å². The van der Waals surface area contributed by atoms with Gasteiger partial charge in [0.15, 0.2) is 5.69 Å². The highest BCUT2D eigenvalue weighted by Gasteiger charge is 2.35. The van der Waals surface area contributed by atoms with Crippen LogP contribution in [-0.4, -0.2) is 32.8 Å². The Kier molecular flexibility index (Phi) is 5.19. The Labute approximate surface area is 161 Å². The molecule has 0 aromatic carbocycles. The van der Waals surface area contributed by atoms with Crippen molar-refractivity contribution in [3.63, 3.8) is 0 Å². The van der Waals surface area contributed by atoms with Crippen LogP contribution in [0.3, 0.4) is 0 Å². The van der Waals surface area contributed by atoms with Crippen molar-refractivity contribution in [3.8, 4) is 0 Å². The van der Waals surface area contributed by atoms with Crippen molar-refractivity contribution in [1.82, 2.24) is 19.8 Å². The summed E-state index contributed by atoms with van der Waals surface area (Å²) in [4.78, 5) is 14.8. The largest absolute Gasteiger partial charge is 0.360 e. The zero-order valence-corrected chi connectivity index (χ0v) is 17.7. The third kappa shape index (κ3) is 3.66. The van der Waals surface area contributed by atoms with Gasteiger partial charge in [-0.1, -0.05) is 25.9 Å². The summed E-state index contributed by atoms with van der Waals surface area (Å²) in [6.45, 7) is 14.3. The van der Waals surface area contributed by atoms with Crippen molar-refractivity contribution in [1.29, 1.82) is 0 Å². The third-order valence-corrected chi connectivity index (χ3v) is 6.04. The van der Waals surface area contributed by atoms with Gasteiger partial charge >= 0.3 is 0 Å². The summed E-state index contributed by atoms with van der Waals surface area (Å²) in [5, 5.41) is 8.71. The molecule has 0 radical (unpaired) electrons. The number of hydrogen-bond donors (Lipinski definition) is 0. The minimum atomic E-state index is -0.0717. The van der Waals surface area contributed by atoms with Gasteiger partial charge in [0.05, 0.1) is 5.69 Å². The molecule has 0 N–H and O–H groups in total. The standard InChI is InChI=1S/C21H32N4O2/c1-8-25-14(3)17(13(2)22-25)12-24(7)20(26)19-16-11-15(21(4,5)6)9-10-18(16)27-23-19/h15H,8-12H2,1-7H3/t15-/m1/s1. The summed E-state index contributed by atoms with van der Waals surface area (Å²) in [6.07, 6.45) is 2.82.